The Morgan fingerprint density at radius 1 is 1.06 bits per heavy atom. The average molecular weight is 364 g/mol. The van der Waals surface area contributed by atoms with Gasteiger partial charge in [0.25, 0.3) is 0 Å². The van der Waals surface area contributed by atoms with Crippen LogP contribution >= 0.6 is 50.7 Å². The lowest BCUT2D eigenvalue weighted by Gasteiger charge is -2.11. The van der Waals surface area contributed by atoms with Crippen molar-refractivity contribution < 1.29 is 0 Å². The van der Waals surface area contributed by atoms with Gasteiger partial charge in [0.2, 0.25) is 0 Å². The minimum absolute atomic E-state index is 0.1000. The second-order valence-corrected chi connectivity index (χ2v) is 6.20. The highest BCUT2D eigenvalue weighted by Gasteiger charge is 2.10. The van der Waals surface area contributed by atoms with Gasteiger partial charge < -0.3 is 0 Å². The highest BCUT2D eigenvalue weighted by molar-refractivity contribution is 9.10. The molecule has 0 aromatic heterocycles. The van der Waals surface area contributed by atoms with Gasteiger partial charge in [-0.3, -0.25) is 0 Å². The maximum atomic E-state index is 6.41. The zero-order valence-electron chi connectivity index (χ0n) is 9.34. The van der Waals surface area contributed by atoms with Crippen LogP contribution in [0.2, 0.25) is 10.0 Å². The van der Waals surface area contributed by atoms with Gasteiger partial charge in [0, 0.05) is 9.50 Å². The quantitative estimate of drug-likeness (QED) is 0.562. The van der Waals surface area contributed by atoms with Crippen molar-refractivity contribution in [3.63, 3.8) is 0 Å². The van der Waals surface area contributed by atoms with E-state index in [-0.39, 0.29) is 5.38 Å². The van der Waals surface area contributed by atoms with Gasteiger partial charge in [-0.2, -0.15) is 0 Å². The Hall–Kier alpha value is -0.210. The van der Waals surface area contributed by atoms with E-state index in [4.69, 9.17) is 34.8 Å². The summed E-state index contributed by atoms with van der Waals surface area (Å²) < 4.78 is 0.860. The van der Waals surface area contributed by atoms with Crippen LogP contribution in [0.25, 0.3) is 0 Å². The molecule has 1 unspecified atom stereocenters. The first-order valence-electron chi connectivity index (χ1n) is 5.40. The van der Waals surface area contributed by atoms with Crippen molar-refractivity contribution in [2.75, 3.05) is 0 Å². The molecule has 1 atom stereocenters. The summed E-state index contributed by atoms with van der Waals surface area (Å²) in [4.78, 5) is 0. The molecule has 0 radical (unpaired) electrons. The van der Waals surface area contributed by atoms with Gasteiger partial charge in [-0.05, 0) is 57.7 Å². The highest BCUT2D eigenvalue weighted by atomic mass is 79.9. The van der Waals surface area contributed by atoms with Crippen LogP contribution in [-0.2, 0) is 6.42 Å². The number of alkyl halides is 1. The van der Waals surface area contributed by atoms with Gasteiger partial charge in [0.15, 0.2) is 0 Å². The van der Waals surface area contributed by atoms with Crippen molar-refractivity contribution in [3.05, 3.63) is 68.1 Å². The second-order valence-electron chi connectivity index (χ2n) is 3.98. The summed E-state index contributed by atoms with van der Waals surface area (Å²) in [5.41, 5.74) is 2.15. The summed E-state index contributed by atoms with van der Waals surface area (Å²) in [5, 5.41) is 1.32. The fraction of sp³-hybridized carbons (Fsp3) is 0.143. The summed E-state index contributed by atoms with van der Waals surface area (Å²) >= 11 is 21.7. The van der Waals surface area contributed by atoms with Crippen molar-refractivity contribution in [3.8, 4) is 0 Å². The summed E-state index contributed by atoms with van der Waals surface area (Å²) in [7, 11) is 0. The summed E-state index contributed by atoms with van der Waals surface area (Å²) in [5.74, 6) is 0. The molecule has 18 heavy (non-hydrogen) atoms. The molecular weight excluding hydrogens is 354 g/mol. The molecule has 0 fully saturated rings. The molecule has 94 valence electrons. The van der Waals surface area contributed by atoms with Gasteiger partial charge in [0.1, 0.15) is 0 Å². The predicted octanol–water partition coefficient (Wildman–Crippen LogP) is 6.28. The Morgan fingerprint density at radius 2 is 1.83 bits per heavy atom. The number of rotatable bonds is 3. The van der Waals surface area contributed by atoms with E-state index < -0.39 is 0 Å². The zero-order valence-corrected chi connectivity index (χ0v) is 13.2. The molecule has 2 rings (SSSR count). The lowest BCUT2D eigenvalue weighted by molar-refractivity contribution is 0.919. The fourth-order valence-corrected chi connectivity index (χ4v) is 2.74. The maximum Gasteiger partial charge on any atom is 0.0625 e. The molecule has 0 aliphatic rings. The van der Waals surface area contributed by atoms with E-state index in [2.05, 4.69) is 15.9 Å². The smallest absolute Gasteiger partial charge is 0.0625 e. The monoisotopic (exact) mass is 362 g/mol. The second kappa shape index (κ2) is 6.29. The van der Waals surface area contributed by atoms with Crippen LogP contribution in [0.1, 0.15) is 16.5 Å². The lowest BCUT2D eigenvalue weighted by atomic mass is 10.0. The van der Waals surface area contributed by atoms with Crippen molar-refractivity contribution in [2.45, 2.75) is 11.8 Å². The number of benzene rings is 2. The third-order valence-corrected chi connectivity index (χ3v) is 4.46. The van der Waals surface area contributed by atoms with Crippen LogP contribution in [0.3, 0.4) is 0 Å². The third kappa shape index (κ3) is 3.64. The van der Waals surface area contributed by atoms with Gasteiger partial charge in [0.05, 0.1) is 10.4 Å². The normalized spacial score (nSPS) is 12.4. The molecular formula is C14H10BrCl3. The Morgan fingerprint density at radius 3 is 2.50 bits per heavy atom. The SMILES string of the molecule is Clc1cccc(CC(Cl)c2ccc(Cl)c(Br)c2)c1. The standard InChI is InChI=1S/C14H10BrCl3/c15-12-8-10(4-5-13(12)17)14(18)7-9-2-1-3-11(16)6-9/h1-6,8,14H,7H2. The summed E-state index contributed by atoms with van der Waals surface area (Å²) in [6, 6.07) is 13.5. The minimum Gasteiger partial charge on any atom is -0.117 e. The van der Waals surface area contributed by atoms with Gasteiger partial charge in [-0.25, -0.2) is 0 Å². The van der Waals surface area contributed by atoms with Crippen LogP contribution in [0, 0.1) is 0 Å². The molecule has 0 N–H and O–H groups in total. The molecule has 0 aliphatic heterocycles. The molecule has 0 bridgehead atoms. The third-order valence-electron chi connectivity index (χ3n) is 2.61. The highest BCUT2D eigenvalue weighted by Crippen LogP contribution is 2.31. The van der Waals surface area contributed by atoms with Crippen molar-refractivity contribution in [1.29, 1.82) is 0 Å². The molecule has 0 saturated heterocycles. The Bertz CT molecular complexity index is 554. The van der Waals surface area contributed by atoms with Crippen molar-refractivity contribution >= 4 is 50.7 Å². The first-order chi connectivity index (χ1) is 8.56. The van der Waals surface area contributed by atoms with Crippen LogP contribution < -0.4 is 0 Å². The van der Waals surface area contributed by atoms with E-state index in [1.54, 1.807) is 0 Å². The number of hydrogen-bond acceptors (Lipinski definition) is 0. The largest absolute Gasteiger partial charge is 0.117 e. The molecule has 2 aromatic rings. The molecule has 0 heterocycles. The van der Waals surface area contributed by atoms with Crippen molar-refractivity contribution in [1.82, 2.24) is 0 Å². The number of halogens is 4. The van der Waals surface area contributed by atoms with Gasteiger partial charge in [-0.15, -0.1) is 11.6 Å². The predicted molar refractivity (Wildman–Crippen MR) is 82.9 cm³/mol. The van der Waals surface area contributed by atoms with E-state index >= 15 is 0 Å². The lowest BCUT2D eigenvalue weighted by Crippen LogP contribution is -1.96. The Balaban J connectivity index is 2.16. The van der Waals surface area contributed by atoms with E-state index in [9.17, 15) is 0 Å². The van der Waals surface area contributed by atoms with E-state index in [1.165, 1.54) is 0 Å². The van der Waals surface area contributed by atoms with E-state index in [0.29, 0.717) is 5.02 Å². The van der Waals surface area contributed by atoms with Crippen LogP contribution in [-0.4, -0.2) is 0 Å². The maximum absolute atomic E-state index is 6.41. The molecule has 2 aromatic carbocycles. The Labute approximate surface area is 130 Å². The summed E-state index contributed by atoms with van der Waals surface area (Å²) in [6.45, 7) is 0. The van der Waals surface area contributed by atoms with Crippen LogP contribution in [0.4, 0.5) is 0 Å². The molecule has 0 saturated carbocycles. The zero-order chi connectivity index (χ0) is 13.1. The first kappa shape index (κ1) is 14.2. The average Bonchev–Trinajstić information content (AvgIpc) is 2.32. The minimum atomic E-state index is -0.1000. The van der Waals surface area contributed by atoms with Crippen LogP contribution in [0.5, 0.6) is 0 Å². The molecule has 4 heteroatoms. The topological polar surface area (TPSA) is 0 Å². The van der Waals surface area contributed by atoms with E-state index in [0.717, 1.165) is 27.0 Å². The molecule has 0 aliphatic carbocycles. The molecule has 0 amide bonds. The van der Waals surface area contributed by atoms with Gasteiger partial charge in [-0.1, -0.05) is 41.4 Å². The fourth-order valence-electron chi connectivity index (χ4n) is 1.70. The molecule has 0 nitrogen and oxygen atoms in total. The first-order valence-corrected chi connectivity index (χ1v) is 7.38. The molecule has 0 spiro atoms. The van der Waals surface area contributed by atoms with Gasteiger partial charge >= 0.3 is 0 Å². The Kier molecular flexibility index (Phi) is 4.97. The van der Waals surface area contributed by atoms with E-state index in [1.807, 2.05) is 42.5 Å². The number of hydrogen-bond donors (Lipinski definition) is 0. The van der Waals surface area contributed by atoms with Crippen molar-refractivity contribution in [2.24, 2.45) is 0 Å². The van der Waals surface area contributed by atoms with Crippen LogP contribution in [0.15, 0.2) is 46.9 Å². The summed E-state index contributed by atoms with van der Waals surface area (Å²) in [6.07, 6.45) is 0.732.